The number of hydrogen-bond donors (Lipinski definition) is 1. The largest absolute Gasteiger partial charge is 0.376 e. The number of amides is 1. The van der Waals surface area contributed by atoms with E-state index in [0.717, 1.165) is 32.5 Å². The Morgan fingerprint density at radius 1 is 1.30 bits per heavy atom. The summed E-state index contributed by atoms with van der Waals surface area (Å²) < 4.78 is 20.4. The van der Waals surface area contributed by atoms with Gasteiger partial charge in [0, 0.05) is 43.8 Å². The van der Waals surface area contributed by atoms with Gasteiger partial charge in [-0.25, -0.2) is 4.39 Å². The summed E-state index contributed by atoms with van der Waals surface area (Å²) in [6.07, 6.45) is 4.51. The number of benzene rings is 1. The van der Waals surface area contributed by atoms with Gasteiger partial charge in [0.1, 0.15) is 5.82 Å². The average Bonchev–Trinajstić information content (AvgIpc) is 3.35. The molecular weight excluding hydrogens is 367 g/mol. The van der Waals surface area contributed by atoms with Crippen LogP contribution in [0.15, 0.2) is 18.2 Å². The molecule has 0 aromatic heterocycles. The molecule has 2 aliphatic carbocycles. The van der Waals surface area contributed by atoms with Crippen molar-refractivity contribution in [2.45, 2.75) is 51.3 Å². The van der Waals surface area contributed by atoms with Crippen LogP contribution < -0.4 is 5.32 Å². The molecule has 2 saturated carbocycles. The molecule has 0 radical (unpaired) electrons. The maximum atomic E-state index is 14.1. The van der Waals surface area contributed by atoms with Gasteiger partial charge in [0.25, 0.3) is 0 Å². The highest BCUT2D eigenvalue weighted by atomic mass is 35.5. The number of carbonyl (C=O) groups is 1. The molecule has 1 amide bonds. The first-order valence-corrected chi connectivity index (χ1v) is 10.4. The normalized spacial score (nSPS) is 30.9. The van der Waals surface area contributed by atoms with Crippen molar-refractivity contribution in [1.82, 2.24) is 10.2 Å². The molecular formula is C21H28ClFN2O2. The maximum absolute atomic E-state index is 14.1. The van der Waals surface area contributed by atoms with E-state index in [-0.39, 0.29) is 23.9 Å². The van der Waals surface area contributed by atoms with Gasteiger partial charge in [-0.05, 0) is 55.6 Å². The monoisotopic (exact) mass is 394 g/mol. The van der Waals surface area contributed by atoms with Gasteiger partial charge in [-0.3, -0.25) is 9.69 Å². The second-order valence-electron chi connectivity index (χ2n) is 8.51. The van der Waals surface area contributed by atoms with Gasteiger partial charge in [0.05, 0.1) is 12.1 Å². The smallest absolute Gasteiger partial charge is 0.217 e. The number of likely N-dealkylation sites (tertiary alicyclic amines) is 1. The molecule has 27 heavy (non-hydrogen) atoms. The summed E-state index contributed by atoms with van der Waals surface area (Å²) >= 11 is 6.21. The average molecular weight is 395 g/mol. The predicted octanol–water partition coefficient (Wildman–Crippen LogP) is 3.62. The molecule has 3 aliphatic rings. The molecule has 0 unspecified atom stereocenters. The molecule has 1 aromatic carbocycles. The molecule has 3 fully saturated rings. The molecule has 1 aromatic rings. The topological polar surface area (TPSA) is 41.6 Å². The molecule has 0 spiro atoms. The third kappa shape index (κ3) is 4.64. The minimum Gasteiger partial charge on any atom is -0.376 e. The van der Waals surface area contributed by atoms with Gasteiger partial charge in [-0.1, -0.05) is 17.7 Å². The van der Waals surface area contributed by atoms with Crippen LogP contribution in [0.25, 0.3) is 0 Å². The fraction of sp³-hybridized carbons (Fsp3) is 0.667. The van der Waals surface area contributed by atoms with Gasteiger partial charge in [-0.15, -0.1) is 0 Å². The van der Waals surface area contributed by atoms with Gasteiger partial charge in [-0.2, -0.15) is 0 Å². The highest BCUT2D eigenvalue weighted by Gasteiger charge is 2.43. The van der Waals surface area contributed by atoms with E-state index in [1.54, 1.807) is 19.1 Å². The molecule has 1 saturated heterocycles. The zero-order valence-electron chi connectivity index (χ0n) is 15.8. The minimum atomic E-state index is -0.237. The number of nitrogens with zero attached hydrogens (tertiary/aromatic N) is 1. The van der Waals surface area contributed by atoms with Crippen molar-refractivity contribution in [2.75, 3.05) is 19.7 Å². The number of rotatable bonds is 6. The first kappa shape index (κ1) is 19.2. The second-order valence-corrected chi connectivity index (χ2v) is 8.92. The molecule has 148 valence electrons. The lowest BCUT2D eigenvalue weighted by molar-refractivity contribution is -0.122. The number of halogens is 2. The molecule has 1 N–H and O–H groups in total. The Hall–Kier alpha value is -1.17. The lowest BCUT2D eigenvalue weighted by Crippen LogP contribution is -2.50. The Morgan fingerprint density at radius 2 is 2.04 bits per heavy atom. The first-order valence-electron chi connectivity index (χ1n) is 10.0. The van der Waals surface area contributed by atoms with E-state index in [1.807, 2.05) is 0 Å². The Balaban J connectivity index is 1.40. The number of ether oxygens (including phenoxy) is 1. The Bertz CT molecular complexity index is 677. The van der Waals surface area contributed by atoms with Gasteiger partial charge in [0.15, 0.2) is 0 Å². The number of hydrogen-bond acceptors (Lipinski definition) is 3. The number of nitrogens with one attached hydrogen (secondary N) is 1. The zero-order chi connectivity index (χ0) is 19.0. The van der Waals surface area contributed by atoms with Crippen molar-refractivity contribution in [3.63, 3.8) is 0 Å². The summed E-state index contributed by atoms with van der Waals surface area (Å²) in [6.45, 7) is 4.78. The third-order valence-electron chi connectivity index (χ3n) is 6.27. The van der Waals surface area contributed by atoms with E-state index in [1.165, 1.54) is 18.9 Å². The molecule has 1 aliphatic heterocycles. The lowest BCUT2D eigenvalue weighted by atomic mass is 9.77. The Kier molecular flexibility index (Phi) is 5.72. The summed E-state index contributed by atoms with van der Waals surface area (Å²) in [4.78, 5) is 13.9. The van der Waals surface area contributed by atoms with Crippen LogP contribution in [0.2, 0.25) is 5.02 Å². The molecule has 6 heteroatoms. The Labute approximate surface area is 165 Å². The summed E-state index contributed by atoms with van der Waals surface area (Å²) in [7, 11) is 0. The van der Waals surface area contributed by atoms with Crippen molar-refractivity contribution in [3.05, 3.63) is 34.6 Å². The SMILES string of the molecule is CC(=O)N[C@@H]1C[C@@H]2CN(Cc3c(F)cccc3Cl)C[C@@H]2C[C@H]1OCC1CC1. The van der Waals surface area contributed by atoms with Crippen molar-refractivity contribution >= 4 is 17.5 Å². The quantitative estimate of drug-likeness (QED) is 0.801. The van der Waals surface area contributed by atoms with E-state index < -0.39 is 0 Å². The third-order valence-corrected chi connectivity index (χ3v) is 6.62. The van der Waals surface area contributed by atoms with E-state index in [2.05, 4.69) is 10.2 Å². The van der Waals surface area contributed by atoms with Crippen LogP contribution in [-0.2, 0) is 16.1 Å². The first-order chi connectivity index (χ1) is 13.0. The number of fused-ring (bicyclic) bond motifs is 1. The fourth-order valence-electron chi connectivity index (χ4n) is 4.69. The van der Waals surface area contributed by atoms with Crippen molar-refractivity contribution < 1.29 is 13.9 Å². The van der Waals surface area contributed by atoms with Crippen molar-refractivity contribution in [2.24, 2.45) is 17.8 Å². The highest BCUT2D eigenvalue weighted by molar-refractivity contribution is 6.31. The summed E-state index contributed by atoms with van der Waals surface area (Å²) in [5.74, 6) is 1.52. The van der Waals surface area contributed by atoms with E-state index in [0.29, 0.717) is 34.9 Å². The van der Waals surface area contributed by atoms with Crippen LogP contribution in [0.1, 0.15) is 38.2 Å². The minimum absolute atomic E-state index is 0.00598. The summed E-state index contributed by atoms with van der Waals surface area (Å²) in [6, 6.07) is 4.95. The number of carbonyl (C=O) groups excluding carboxylic acids is 1. The summed E-state index contributed by atoms with van der Waals surface area (Å²) in [5, 5.41) is 3.60. The fourth-order valence-corrected chi connectivity index (χ4v) is 4.91. The summed E-state index contributed by atoms with van der Waals surface area (Å²) in [5.41, 5.74) is 0.581. The Morgan fingerprint density at radius 3 is 2.70 bits per heavy atom. The van der Waals surface area contributed by atoms with Crippen LogP contribution in [0, 0.1) is 23.6 Å². The van der Waals surface area contributed by atoms with Crippen molar-refractivity contribution in [1.29, 1.82) is 0 Å². The highest BCUT2D eigenvalue weighted by Crippen LogP contribution is 2.39. The van der Waals surface area contributed by atoms with Crippen LogP contribution in [0.4, 0.5) is 4.39 Å². The standard InChI is InChI=1S/C21H28ClFN2O2/c1-13(26)24-20-7-15-9-25(11-17-18(22)3-2-4-19(17)23)10-16(15)8-21(20)27-12-14-5-6-14/h2-4,14-16,20-21H,5-12H2,1H3,(H,24,26)/t15-,16+,20-,21-/m1/s1. The molecule has 4 rings (SSSR count). The molecule has 1 heterocycles. The zero-order valence-corrected chi connectivity index (χ0v) is 16.6. The van der Waals surface area contributed by atoms with Gasteiger partial charge < -0.3 is 10.1 Å². The second kappa shape index (κ2) is 8.06. The molecule has 4 atom stereocenters. The molecule has 4 nitrogen and oxygen atoms in total. The van der Waals surface area contributed by atoms with Crippen molar-refractivity contribution in [3.8, 4) is 0 Å². The van der Waals surface area contributed by atoms with Crippen LogP contribution in [-0.4, -0.2) is 42.6 Å². The molecule has 0 bridgehead atoms. The van der Waals surface area contributed by atoms with Crippen LogP contribution in [0.3, 0.4) is 0 Å². The van der Waals surface area contributed by atoms with Gasteiger partial charge in [0.2, 0.25) is 5.91 Å². The maximum Gasteiger partial charge on any atom is 0.217 e. The van der Waals surface area contributed by atoms with Gasteiger partial charge >= 0.3 is 0 Å². The van der Waals surface area contributed by atoms with E-state index in [9.17, 15) is 9.18 Å². The van der Waals surface area contributed by atoms with E-state index in [4.69, 9.17) is 16.3 Å². The lowest BCUT2D eigenvalue weighted by Gasteiger charge is -2.38. The van der Waals surface area contributed by atoms with Crippen LogP contribution in [0.5, 0.6) is 0 Å². The van der Waals surface area contributed by atoms with E-state index >= 15 is 0 Å². The van der Waals surface area contributed by atoms with Crippen LogP contribution >= 0.6 is 11.6 Å². The predicted molar refractivity (Wildman–Crippen MR) is 103 cm³/mol.